The summed E-state index contributed by atoms with van der Waals surface area (Å²) in [6.07, 6.45) is 5.59. The molecule has 1 aliphatic heterocycles. The van der Waals surface area contributed by atoms with Gasteiger partial charge in [0.1, 0.15) is 11.4 Å². The van der Waals surface area contributed by atoms with Gasteiger partial charge < -0.3 is 29.2 Å². The molecule has 0 aliphatic carbocycles. The normalized spacial score (nSPS) is 15.2. The highest BCUT2D eigenvalue weighted by Gasteiger charge is 2.33. The Labute approximate surface area is 247 Å². The van der Waals surface area contributed by atoms with Crippen LogP contribution in [0.4, 0.5) is 0 Å². The number of halogens is 1. The van der Waals surface area contributed by atoms with E-state index in [2.05, 4.69) is 41.6 Å². The van der Waals surface area contributed by atoms with Gasteiger partial charge in [0.15, 0.2) is 6.61 Å². The van der Waals surface area contributed by atoms with Gasteiger partial charge in [0.25, 0.3) is 11.8 Å². The maximum absolute atomic E-state index is 14.6. The van der Waals surface area contributed by atoms with Crippen molar-refractivity contribution in [2.45, 2.75) is 91.8 Å². The number of hydrogen-bond donors (Lipinski definition) is 1. The lowest BCUT2D eigenvalue weighted by molar-refractivity contribution is -0.132. The van der Waals surface area contributed by atoms with Crippen LogP contribution in [0.1, 0.15) is 82.8 Å². The maximum Gasteiger partial charge on any atom is 0.271 e. The van der Waals surface area contributed by atoms with Crippen molar-refractivity contribution in [3.63, 3.8) is 0 Å². The molecule has 0 radical (unpaired) electrons. The third-order valence-electron chi connectivity index (χ3n) is 7.75. The van der Waals surface area contributed by atoms with Crippen LogP contribution < -0.4 is 10.1 Å². The third-order valence-corrected chi connectivity index (χ3v) is 7.75. The first-order valence-corrected chi connectivity index (χ1v) is 15.0. The number of carbonyl (C=O) groups excluding carboxylic acids is 2. The van der Waals surface area contributed by atoms with Crippen LogP contribution in [0.2, 0.25) is 0 Å². The van der Waals surface area contributed by atoms with Crippen molar-refractivity contribution in [1.82, 2.24) is 19.7 Å². The standard InChI is InChI=1S/C31H50N4O4.ClH/c1-7-14-25-26-16-12-17-27(39-22-28(36)33(8-2)9-3)29(26)34(19-10-11-20-38-6)30(25)31(37)35(23(4)5)24-15-13-18-32-21-24;/h12,16-17,23-24,32H,7-11,13-15,18-22H2,1-6H3;1H/t24-;/m1./s1. The lowest BCUT2D eigenvalue weighted by atomic mass is 10.0. The fourth-order valence-electron chi connectivity index (χ4n) is 5.87. The number of fused-ring (bicyclic) bond motifs is 1. The summed E-state index contributed by atoms with van der Waals surface area (Å²) in [7, 11) is 1.72. The molecule has 0 saturated carbocycles. The molecule has 0 bridgehead atoms. The number of para-hydroxylation sites is 1. The molecular weight excluding hydrogens is 528 g/mol. The SMILES string of the molecule is CCCc1c(C(=O)N(C(C)C)[C@@H]2CCCNC2)n(CCCCOC)c2c(OCC(=O)N(CC)CC)cccc12.Cl. The number of likely N-dealkylation sites (N-methyl/N-ethyl adjacent to an activating group) is 1. The van der Waals surface area contributed by atoms with E-state index < -0.39 is 0 Å². The van der Waals surface area contributed by atoms with Gasteiger partial charge in [0.2, 0.25) is 0 Å². The minimum Gasteiger partial charge on any atom is -0.482 e. The monoisotopic (exact) mass is 578 g/mol. The molecule has 3 rings (SSSR count). The number of benzene rings is 1. The van der Waals surface area contributed by atoms with Crippen LogP contribution >= 0.6 is 12.4 Å². The van der Waals surface area contributed by atoms with Crippen LogP contribution in [0.25, 0.3) is 10.9 Å². The molecule has 1 aromatic heterocycles. The smallest absolute Gasteiger partial charge is 0.271 e. The number of amides is 2. The molecule has 0 unspecified atom stereocenters. The van der Waals surface area contributed by atoms with E-state index in [0.717, 1.165) is 73.8 Å². The van der Waals surface area contributed by atoms with E-state index in [1.54, 1.807) is 12.0 Å². The quantitative estimate of drug-likeness (QED) is 0.291. The van der Waals surface area contributed by atoms with E-state index in [1.807, 2.05) is 26.0 Å². The average molecular weight is 579 g/mol. The number of aromatic nitrogens is 1. The Morgan fingerprint density at radius 3 is 2.50 bits per heavy atom. The number of ether oxygens (including phenoxy) is 2. The minimum absolute atomic E-state index is 0. The first-order chi connectivity index (χ1) is 18.9. The second kappa shape index (κ2) is 16.8. The summed E-state index contributed by atoms with van der Waals surface area (Å²) in [6, 6.07) is 6.26. The van der Waals surface area contributed by atoms with Crippen molar-refractivity contribution in [2.75, 3.05) is 46.5 Å². The van der Waals surface area contributed by atoms with E-state index in [0.29, 0.717) is 32.0 Å². The number of piperidine rings is 1. The fraction of sp³-hybridized carbons (Fsp3) is 0.677. The lowest BCUT2D eigenvalue weighted by Crippen LogP contribution is -2.52. The van der Waals surface area contributed by atoms with Gasteiger partial charge in [-0.1, -0.05) is 25.5 Å². The fourth-order valence-corrected chi connectivity index (χ4v) is 5.87. The van der Waals surface area contributed by atoms with E-state index in [-0.39, 0.29) is 42.9 Å². The molecule has 226 valence electrons. The Morgan fingerprint density at radius 2 is 1.90 bits per heavy atom. The van der Waals surface area contributed by atoms with Crippen LogP contribution in [-0.4, -0.2) is 84.8 Å². The molecule has 2 amide bonds. The van der Waals surface area contributed by atoms with Gasteiger partial charge in [0.05, 0.1) is 5.52 Å². The summed E-state index contributed by atoms with van der Waals surface area (Å²) < 4.78 is 13.7. The molecule has 1 saturated heterocycles. The van der Waals surface area contributed by atoms with E-state index in [9.17, 15) is 9.59 Å². The van der Waals surface area contributed by atoms with Crippen molar-refractivity contribution in [3.8, 4) is 5.75 Å². The van der Waals surface area contributed by atoms with Gasteiger partial charge in [-0.15, -0.1) is 12.4 Å². The van der Waals surface area contributed by atoms with Gasteiger partial charge in [-0.2, -0.15) is 0 Å². The molecule has 40 heavy (non-hydrogen) atoms. The van der Waals surface area contributed by atoms with Crippen LogP contribution in [0, 0.1) is 0 Å². The van der Waals surface area contributed by atoms with Crippen molar-refractivity contribution in [1.29, 1.82) is 0 Å². The molecule has 1 N–H and O–H groups in total. The van der Waals surface area contributed by atoms with Crippen molar-refractivity contribution in [3.05, 3.63) is 29.5 Å². The number of methoxy groups -OCH3 is 1. The molecule has 2 aromatic rings. The molecule has 2 heterocycles. The van der Waals surface area contributed by atoms with Crippen LogP contribution in [0.3, 0.4) is 0 Å². The Hall–Kier alpha value is -2.29. The topological polar surface area (TPSA) is 76.0 Å². The first-order valence-electron chi connectivity index (χ1n) is 15.0. The van der Waals surface area contributed by atoms with Crippen molar-refractivity contribution in [2.24, 2.45) is 0 Å². The predicted octanol–water partition coefficient (Wildman–Crippen LogP) is 5.29. The van der Waals surface area contributed by atoms with Gasteiger partial charge >= 0.3 is 0 Å². The molecule has 0 spiro atoms. The number of hydrogen-bond acceptors (Lipinski definition) is 5. The minimum atomic E-state index is -0.0314. The average Bonchev–Trinajstić information content (AvgIpc) is 3.25. The highest BCUT2D eigenvalue weighted by Crippen LogP contribution is 2.36. The van der Waals surface area contributed by atoms with Crippen LogP contribution in [0.15, 0.2) is 18.2 Å². The molecule has 1 fully saturated rings. The number of rotatable bonds is 15. The second-order valence-electron chi connectivity index (χ2n) is 10.7. The Morgan fingerprint density at radius 1 is 1.15 bits per heavy atom. The number of nitrogens with one attached hydrogen (secondary N) is 1. The van der Waals surface area contributed by atoms with Gasteiger partial charge in [-0.3, -0.25) is 9.59 Å². The number of carbonyl (C=O) groups is 2. The summed E-state index contributed by atoms with van der Waals surface area (Å²) in [4.78, 5) is 31.2. The van der Waals surface area contributed by atoms with Gasteiger partial charge in [-0.25, -0.2) is 0 Å². The molecule has 8 nitrogen and oxygen atoms in total. The summed E-state index contributed by atoms with van der Waals surface area (Å²) in [5, 5.41) is 4.54. The van der Waals surface area contributed by atoms with Crippen molar-refractivity contribution < 1.29 is 19.1 Å². The molecule has 1 atom stereocenters. The summed E-state index contributed by atoms with van der Waals surface area (Å²) in [5.41, 5.74) is 2.77. The van der Waals surface area contributed by atoms with Gasteiger partial charge in [-0.05, 0) is 78.0 Å². The summed E-state index contributed by atoms with van der Waals surface area (Å²) in [5.74, 6) is 0.720. The highest BCUT2D eigenvalue weighted by molar-refractivity contribution is 6.03. The Kier molecular flexibility index (Phi) is 14.3. The summed E-state index contributed by atoms with van der Waals surface area (Å²) >= 11 is 0. The van der Waals surface area contributed by atoms with Crippen LogP contribution in [0.5, 0.6) is 5.75 Å². The maximum atomic E-state index is 14.6. The zero-order chi connectivity index (χ0) is 28.4. The Balaban J connectivity index is 0.00000560. The number of aryl methyl sites for hydroxylation is 2. The lowest BCUT2D eigenvalue weighted by Gasteiger charge is -2.38. The Bertz CT molecular complexity index is 1080. The van der Waals surface area contributed by atoms with Gasteiger partial charge in [0, 0.05) is 57.4 Å². The predicted molar refractivity (Wildman–Crippen MR) is 165 cm³/mol. The molecule has 1 aliphatic rings. The largest absolute Gasteiger partial charge is 0.482 e. The highest BCUT2D eigenvalue weighted by atomic mass is 35.5. The first kappa shape index (κ1) is 33.9. The second-order valence-corrected chi connectivity index (χ2v) is 10.7. The van der Waals surface area contributed by atoms with E-state index in [1.165, 1.54) is 0 Å². The van der Waals surface area contributed by atoms with Crippen molar-refractivity contribution >= 4 is 35.1 Å². The summed E-state index contributed by atoms with van der Waals surface area (Å²) in [6.45, 7) is 14.8. The zero-order valence-corrected chi connectivity index (χ0v) is 26.3. The molecule has 1 aromatic carbocycles. The third kappa shape index (κ3) is 7.92. The molecule has 9 heteroatoms. The number of nitrogens with zero attached hydrogens (tertiary/aromatic N) is 3. The van der Waals surface area contributed by atoms with E-state index >= 15 is 0 Å². The van der Waals surface area contributed by atoms with E-state index in [4.69, 9.17) is 9.47 Å². The zero-order valence-electron chi connectivity index (χ0n) is 25.5. The molecular formula is C31H51ClN4O4. The number of unbranched alkanes of at least 4 members (excludes halogenated alkanes) is 1. The van der Waals surface area contributed by atoms with Crippen LogP contribution in [-0.2, 0) is 22.5 Å².